The number of piperazine rings is 1. The molecule has 1 amide bonds. The third-order valence-electron chi connectivity index (χ3n) is 3.53. The van der Waals surface area contributed by atoms with Gasteiger partial charge in [0.15, 0.2) is 6.61 Å². The highest BCUT2D eigenvalue weighted by Crippen LogP contribution is 2.18. The minimum absolute atomic E-state index is 0.0694. The Morgan fingerprint density at radius 1 is 1.47 bits per heavy atom. The second kappa shape index (κ2) is 6.57. The molecule has 2 rings (SSSR count). The molecule has 1 N–H and O–H groups in total. The number of benzene rings is 1. The molecular formula is C15H22N2O2. The van der Waals surface area contributed by atoms with Crippen LogP contribution >= 0.6 is 0 Å². The number of carbonyl (C=O) groups excluding carboxylic acids is 1. The van der Waals surface area contributed by atoms with Crippen LogP contribution in [0.25, 0.3) is 0 Å². The fraction of sp³-hybridized carbons (Fsp3) is 0.533. The lowest BCUT2D eigenvalue weighted by Crippen LogP contribution is -2.53. The molecule has 1 aromatic carbocycles. The molecule has 0 aromatic heterocycles. The maximum atomic E-state index is 12.2. The molecule has 1 aliphatic rings. The first-order chi connectivity index (χ1) is 9.22. The average Bonchev–Trinajstić information content (AvgIpc) is 2.45. The molecule has 0 bridgehead atoms. The van der Waals surface area contributed by atoms with Gasteiger partial charge in [0.1, 0.15) is 5.75 Å². The molecule has 0 saturated carbocycles. The Hall–Kier alpha value is -1.55. The molecule has 4 heteroatoms. The van der Waals surface area contributed by atoms with Gasteiger partial charge in [-0.25, -0.2) is 0 Å². The lowest BCUT2D eigenvalue weighted by molar-refractivity contribution is -0.136. The van der Waals surface area contributed by atoms with Crippen LogP contribution in [0.5, 0.6) is 5.75 Å². The Kier molecular flexibility index (Phi) is 4.80. The fourth-order valence-electron chi connectivity index (χ4n) is 2.37. The number of rotatable bonds is 4. The predicted molar refractivity (Wildman–Crippen MR) is 75.4 cm³/mol. The number of aryl methyl sites for hydroxylation is 1. The summed E-state index contributed by atoms with van der Waals surface area (Å²) in [6.07, 6.45) is 0.911. The Bertz CT molecular complexity index is 434. The molecule has 0 spiro atoms. The van der Waals surface area contributed by atoms with Crippen molar-refractivity contribution in [3.8, 4) is 5.75 Å². The van der Waals surface area contributed by atoms with Gasteiger partial charge in [-0.2, -0.15) is 0 Å². The van der Waals surface area contributed by atoms with E-state index in [-0.39, 0.29) is 18.6 Å². The zero-order chi connectivity index (χ0) is 13.7. The Balaban J connectivity index is 1.92. The molecule has 1 fully saturated rings. The summed E-state index contributed by atoms with van der Waals surface area (Å²) >= 11 is 0. The highest BCUT2D eigenvalue weighted by atomic mass is 16.5. The number of carbonyl (C=O) groups is 1. The Labute approximate surface area is 114 Å². The van der Waals surface area contributed by atoms with E-state index in [0.29, 0.717) is 0 Å². The lowest BCUT2D eigenvalue weighted by atomic mass is 10.1. The van der Waals surface area contributed by atoms with Gasteiger partial charge in [0, 0.05) is 25.7 Å². The van der Waals surface area contributed by atoms with Crippen LogP contribution in [-0.2, 0) is 11.2 Å². The minimum atomic E-state index is 0.0694. The van der Waals surface area contributed by atoms with E-state index >= 15 is 0 Å². The highest BCUT2D eigenvalue weighted by molar-refractivity contribution is 5.78. The van der Waals surface area contributed by atoms with Crippen LogP contribution in [0.4, 0.5) is 0 Å². The molecule has 104 valence electrons. The van der Waals surface area contributed by atoms with Gasteiger partial charge in [-0.3, -0.25) is 4.79 Å². The highest BCUT2D eigenvalue weighted by Gasteiger charge is 2.23. The summed E-state index contributed by atoms with van der Waals surface area (Å²) in [6, 6.07) is 8.13. The van der Waals surface area contributed by atoms with E-state index in [4.69, 9.17) is 4.74 Å². The Morgan fingerprint density at radius 2 is 2.26 bits per heavy atom. The number of ether oxygens (including phenoxy) is 1. The number of hydrogen-bond acceptors (Lipinski definition) is 3. The lowest BCUT2D eigenvalue weighted by Gasteiger charge is -2.33. The van der Waals surface area contributed by atoms with Crippen molar-refractivity contribution in [2.75, 3.05) is 26.2 Å². The molecule has 19 heavy (non-hydrogen) atoms. The van der Waals surface area contributed by atoms with Crippen LogP contribution in [0, 0.1) is 0 Å². The van der Waals surface area contributed by atoms with Gasteiger partial charge in [-0.05, 0) is 25.0 Å². The van der Waals surface area contributed by atoms with Crippen LogP contribution in [0.1, 0.15) is 19.4 Å². The monoisotopic (exact) mass is 262 g/mol. The van der Waals surface area contributed by atoms with Gasteiger partial charge in [0.2, 0.25) is 0 Å². The number of amides is 1. The first-order valence-electron chi connectivity index (χ1n) is 6.93. The van der Waals surface area contributed by atoms with E-state index in [1.165, 1.54) is 0 Å². The van der Waals surface area contributed by atoms with Crippen LogP contribution in [-0.4, -0.2) is 43.1 Å². The van der Waals surface area contributed by atoms with Crippen molar-refractivity contribution in [2.45, 2.75) is 26.3 Å². The quantitative estimate of drug-likeness (QED) is 0.893. The second-order valence-corrected chi connectivity index (χ2v) is 4.89. The molecule has 1 atom stereocenters. The average molecular weight is 262 g/mol. The first-order valence-corrected chi connectivity index (χ1v) is 6.93. The summed E-state index contributed by atoms with van der Waals surface area (Å²) < 4.78 is 5.68. The van der Waals surface area contributed by atoms with E-state index in [0.717, 1.165) is 37.4 Å². The summed E-state index contributed by atoms with van der Waals surface area (Å²) in [7, 11) is 0. The zero-order valence-corrected chi connectivity index (χ0v) is 11.7. The molecule has 1 heterocycles. The predicted octanol–water partition coefficient (Wildman–Crippen LogP) is 1.45. The van der Waals surface area contributed by atoms with Crippen molar-refractivity contribution in [2.24, 2.45) is 0 Å². The third-order valence-corrected chi connectivity index (χ3v) is 3.53. The van der Waals surface area contributed by atoms with Crippen molar-refractivity contribution in [3.05, 3.63) is 29.8 Å². The van der Waals surface area contributed by atoms with Crippen LogP contribution < -0.4 is 10.1 Å². The maximum absolute atomic E-state index is 12.2. The molecule has 1 saturated heterocycles. The first kappa shape index (κ1) is 13.9. The fourth-order valence-corrected chi connectivity index (χ4v) is 2.37. The molecular weight excluding hydrogens is 240 g/mol. The van der Waals surface area contributed by atoms with Crippen molar-refractivity contribution in [1.29, 1.82) is 0 Å². The van der Waals surface area contributed by atoms with Gasteiger partial charge >= 0.3 is 0 Å². The van der Waals surface area contributed by atoms with E-state index < -0.39 is 0 Å². The maximum Gasteiger partial charge on any atom is 0.260 e. The molecule has 4 nitrogen and oxygen atoms in total. The second-order valence-electron chi connectivity index (χ2n) is 4.89. The van der Waals surface area contributed by atoms with Gasteiger partial charge < -0.3 is 15.0 Å². The minimum Gasteiger partial charge on any atom is -0.483 e. The van der Waals surface area contributed by atoms with Crippen LogP contribution in [0.2, 0.25) is 0 Å². The van der Waals surface area contributed by atoms with Crippen molar-refractivity contribution in [3.63, 3.8) is 0 Å². The topological polar surface area (TPSA) is 41.6 Å². The van der Waals surface area contributed by atoms with Gasteiger partial charge in [0.05, 0.1) is 0 Å². The SMILES string of the molecule is CCc1ccccc1OCC(=O)N1CCNCC1C. The van der Waals surface area contributed by atoms with Crippen LogP contribution in [0.3, 0.4) is 0 Å². The number of hydrogen-bond donors (Lipinski definition) is 1. The zero-order valence-electron chi connectivity index (χ0n) is 11.7. The molecule has 1 aromatic rings. The summed E-state index contributed by atoms with van der Waals surface area (Å²) in [5.74, 6) is 0.890. The van der Waals surface area contributed by atoms with Crippen molar-refractivity contribution < 1.29 is 9.53 Å². The molecule has 0 radical (unpaired) electrons. The van der Waals surface area contributed by atoms with E-state index in [2.05, 4.69) is 19.2 Å². The summed E-state index contributed by atoms with van der Waals surface area (Å²) in [6.45, 7) is 6.76. The van der Waals surface area contributed by atoms with E-state index in [9.17, 15) is 4.79 Å². The van der Waals surface area contributed by atoms with Gasteiger partial charge in [-0.1, -0.05) is 25.1 Å². The standard InChI is InChI=1S/C15H22N2O2/c1-3-13-6-4-5-7-14(13)19-11-15(18)17-9-8-16-10-12(17)2/h4-7,12,16H,3,8-11H2,1-2H3. The number of nitrogens with zero attached hydrogens (tertiary/aromatic N) is 1. The van der Waals surface area contributed by atoms with Gasteiger partial charge in [-0.15, -0.1) is 0 Å². The molecule has 1 aliphatic heterocycles. The summed E-state index contributed by atoms with van der Waals surface area (Å²) in [4.78, 5) is 14.0. The number of nitrogens with one attached hydrogen (secondary N) is 1. The van der Waals surface area contributed by atoms with Crippen molar-refractivity contribution >= 4 is 5.91 Å². The third kappa shape index (κ3) is 3.47. The van der Waals surface area contributed by atoms with Crippen LogP contribution in [0.15, 0.2) is 24.3 Å². The normalized spacial score (nSPS) is 19.3. The van der Waals surface area contributed by atoms with Gasteiger partial charge in [0.25, 0.3) is 5.91 Å². The van der Waals surface area contributed by atoms with E-state index in [1.54, 1.807) is 0 Å². The van der Waals surface area contributed by atoms with Crippen molar-refractivity contribution in [1.82, 2.24) is 10.2 Å². The summed E-state index contributed by atoms with van der Waals surface area (Å²) in [5, 5.41) is 3.28. The number of para-hydroxylation sites is 1. The summed E-state index contributed by atoms with van der Waals surface area (Å²) in [5.41, 5.74) is 1.14. The largest absolute Gasteiger partial charge is 0.483 e. The molecule has 1 unspecified atom stereocenters. The Morgan fingerprint density at radius 3 is 3.00 bits per heavy atom. The molecule has 0 aliphatic carbocycles. The van der Waals surface area contributed by atoms with E-state index in [1.807, 2.05) is 29.2 Å². The smallest absolute Gasteiger partial charge is 0.260 e.